The third-order valence-corrected chi connectivity index (χ3v) is 4.40. The first-order valence-electron chi connectivity index (χ1n) is 7.81. The first-order chi connectivity index (χ1) is 10.2. The highest BCUT2D eigenvalue weighted by Crippen LogP contribution is 2.23. The normalized spacial score (nSPS) is 23.3. The summed E-state index contributed by atoms with van der Waals surface area (Å²) >= 11 is 0. The second-order valence-electron chi connectivity index (χ2n) is 5.93. The van der Waals surface area contributed by atoms with Gasteiger partial charge in [-0.3, -0.25) is 9.69 Å². The zero-order valence-corrected chi connectivity index (χ0v) is 12.6. The molecule has 5 nitrogen and oxygen atoms in total. The van der Waals surface area contributed by atoms with Gasteiger partial charge in [-0.2, -0.15) is 0 Å². The van der Waals surface area contributed by atoms with E-state index in [2.05, 4.69) is 32.6 Å². The fourth-order valence-corrected chi connectivity index (χ4v) is 3.08. The highest BCUT2D eigenvalue weighted by atomic mass is 16.2. The average molecular weight is 288 g/mol. The van der Waals surface area contributed by atoms with E-state index in [-0.39, 0.29) is 11.9 Å². The maximum atomic E-state index is 12.4. The predicted octanol–water partition coefficient (Wildman–Crippen LogP) is 1.13. The van der Waals surface area contributed by atoms with Gasteiger partial charge in [0.1, 0.15) is 6.04 Å². The minimum Gasteiger partial charge on any atom is -0.371 e. The summed E-state index contributed by atoms with van der Waals surface area (Å²) in [7, 11) is 2.01. The van der Waals surface area contributed by atoms with E-state index < -0.39 is 0 Å². The molecule has 5 heteroatoms. The van der Waals surface area contributed by atoms with Crippen molar-refractivity contribution in [1.29, 1.82) is 0 Å². The average Bonchev–Trinajstić information content (AvgIpc) is 3.02. The Bertz CT molecular complexity index is 499. The van der Waals surface area contributed by atoms with Crippen LogP contribution in [0.5, 0.6) is 0 Å². The Balaban J connectivity index is 1.66. The molecule has 2 fully saturated rings. The molecule has 0 spiro atoms. The standard InChI is InChI=1S/C16H24N4O/c1-19-10-7-17-12-15(19)16(21)18-13-5-4-6-14(11-13)20-8-2-3-9-20/h4-6,11,15,17H,2-3,7-10,12H2,1H3,(H,18,21)/t15-/m1/s1. The number of amides is 1. The molecule has 2 heterocycles. The van der Waals surface area contributed by atoms with Crippen molar-refractivity contribution in [1.82, 2.24) is 10.2 Å². The van der Waals surface area contributed by atoms with Crippen molar-refractivity contribution in [2.75, 3.05) is 50.0 Å². The van der Waals surface area contributed by atoms with Crippen molar-refractivity contribution in [3.8, 4) is 0 Å². The molecule has 0 radical (unpaired) electrons. The minimum absolute atomic E-state index is 0.0725. The van der Waals surface area contributed by atoms with Crippen LogP contribution in [-0.2, 0) is 4.79 Å². The molecule has 21 heavy (non-hydrogen) atoms. The van der Waals surface area contributed by atoms with Crippen LogP contribution >= 0.6 is 0 Å². The number of hydrogen-bond donors (Lipinski definition) is 2. The molecule has 1 atom stereocenters. The summed E-state index contributed by atoms with van der Waals surface area (Å²) in [5, 5.41) is 6.34. The van der Waals surface area contributed by atoms with Gasteiger partial charge in [-0.15, -0.1) is 0 Å². The van der Waals surface area contributed by atoms with Gasteiger partial charge in [-0.05, 0) is 38.1 Å². The fraction of sp³-hybridized carbons (Fsp3) is 0.562. The van der Waals surface area contributed by atoms with Gasteiger partial charge in [0.25, 0.3) is 0 Å². The number of likely N-dealkylation sites (N-methyl/N-ethyl adjacent to an activating group) is 1. The van der Waals surface area contributed by atoms with Crippen molar-refractivity contribution >= 4 is 17.3 Å². The molecule has 3 rings (SSSR count). The Morgan fingerprint density at radius 2 is 2.10 bits per heavy atom. The van der Waals surface area contributed by atoms with Crippen LogP contribution in [0.25, 0.3) is 0 Å². The fourth-order valence-electron chi connectivity index (χ4n) is 3.08. The molecule has 2 saturated heterocycles. The molecule has 2 aliphatic heterocycles. The summed E-state index contributed by atoms with van der Waals surface area (Å²) < 4.78 is 0. The summed E-state index contributed by atoms with van der Waals surface area (Å²) in [4.78, 5) is 16.9. The van der Waals surface area contributed by atoms with E-state index in [0.29, 0.717) is 6.54 Å². The van der Waals surface area contributed by atoms with Crippen LogP contribution in [0.15, 0.2) is 24.3 Å². The third-order valence-electron chi connectivity index (χ3n) is 4.40. The minimum atomic E-state index is -0.0887. The van der Waals surface area contributed by atoms with Crippen molar-refractivity contribution in [3.05, 3.63) is 24.3 Å². The first-order valence-corrected chi connectivity index (χ1v) is 7.81. The number of hydrogen-bond acceptors (Lipinski definition) is 4. The summed E-state index contributed by atoms with van der Waals surface area (Å²) in [5.74, 6) is 0.0725. The topological polar surface area (TPSA) is 47.6 Å². The molecule has 2 N–H and O–H groups in total. The third kappa shape index (κ3) is 3.36. The lowest BCUT2D eigenvalue weighted by Crippen LogP contribution is -2.54. The lowest BCUT2D eigenvalue weighted by molar-refractivity contribution is -0.121. The van der Waals surface area contributed by atoms with Crippen LogP contribution < -0.4 is 15.5 Å². The van der Waals surface area contributed by atoms with E-state index in [0.717, 1.165) is 31.9 Å². The molecule has 0 saturated carbocycles. The molecule has 0 bridgehead atoms. The van der Waals surface area contributed by atoms with E-state index in [9.17, 15) is 4.79 Å². The molecule has 0 aromatic heterocycles. The summed E-state index contributed by atoms with van der Waals surface area (Å²) in [6, 6.07) is 8.10. The number of nitrogens with zero attached hydrogens (tertiary/aromatic N) is 2. The van der Waals surface area contributed by atoms with Gasteiger partial charge in [0.2, 0.25) is 5.91 Å². The van der Waals surface area contributed by atoms with Crippen LogP contribution in [0.2, 0.25) is 0 Å². The highest BCUT2D eigenvalue weighted by molar-refractivity contribution is 5.95. The number of carbonyl (C=O) groups excluding carboxylic acids is 1. The maximum Gasteiger partial charge on any atom is 0.243 e. The van der Waals surface area contributed by atoms with Gasteiger partial charge in [0.15, 0.2) is 0 Å². The van der Waals surface area contributed by atoms with Crippen molar-refractivity contribution in [2.24, 2.45) is 0 Å². The van der Waals surface area contributed by atoms with Crippen LogP contribution in [0.4, 0.5) is 11.4 Å². The second kappa shape index (κ2) is 6.45. The monoisotopic (exact) mass is 288 g/mol. The molecule has 0 aliphatic carbocycles. The smallest absolute Gasteiger partial charge is 0.243 e. The van der Waals surface area contributed by atoms with E-state index >= 15 is 0 Å². The van der Waals surface area contributed by atoms with Gasteiger partial charge in [-0.1, -0.05) is 6.07 Å². The SMILES string of the molecule is CN1CCNC[C@@H]1C(=O)Nc1cccc(N2CCCC2)c1. The Labute approximate surface area is 126 Å². The van der Waals surface area contributed by atoms with Crippen molar-refractivity contribution < 1.29 is 4.79 Å². The Hall–Kier alpha value is -1.59. The van der Waals surface area contributed by atoms with Crippen LogP contribution in [0, 0.1) is 0 Å². The van der Waals surface area contributed by atoms with E-state index in [1.807, 2.05) is 19.2 Å². The summed E-state index contributed by atoms with van der Waals surface area (Å²) in [6.45, 7) is 4.81. The second-order valence-corrected chi connectivity index (χ2v) is 5.93. The largest absolute Gasteiger partial charge is 0.371 e. The van der Waals surface area contributed by atoms with E-state index in [1.165, 1.54) is 18.5 Å². The number of benzene rings is 1. The highest BCUT2D eigenvalue weighted by Gasteiger charge is 2.25. The Morgan fingerprint density at radius 1 is 1.29 bits per heavy atom. The van der Waals surface area contributed by atoms with Crippen LogP contribution in [0.1, 0.15) is 12.8 Å². The molecular formula is C16H24N4O. The van der Waals surface area contributed by atoms with Crippen LogP contribution in [0.3, 0.4) is 0 Å². The maximum absolute atomic E-state index is 12.4. The number of carbonyl (C=O) groups is 1. The van der Waals surface area contributed by atoms with Gasteiger partial charge in [-0.25, -0.2) is 0 Å². The number of anilines is 2. The molecule has 1 aromatic carbocycles. The molecule has 0 unspecified atom stereocenters. The Kier molecular flexibility index (Phi) is 4.41. The number of nitrogens with one attached hydrogen (secondary N) is 2. The van der Waals surface area contributed by atoms with Crippen LogP contribution in [-0.4, -0.2) is 56.6 Å². The summed E-state index contributed by atoms with van der Waals surface area (Å²) in [6.07, 6.45) is 2.52. The van der Waals surface area contributed by atoms with Gasteiger partial charge in [0.05, 0.1) is 0 Å². The molecule has 114 valence electrons. The molecule has 1 amide bonds. The first kappa shape index (κ1) is 14.4. The quantitative estimate of drug-likeness (QED) is 0.875. The van der Waals surface area contributed by atoms with Gasteiger partial charge in [0, 0.05) is 44.1 Å². The molecular weight excluding hydrogens is 264 g/mol. The predicted molar refractivity (Wildman–Crippen MR) is 85.8 cm³/mol. The van der Waals surface area contributed by atoms with Gasteiger partial charge >= 0.3 is 0 Å². The zero-order chi connectivity index (χ0) is 14.7. The van der Waals surface area contributed by atoms with E-state index in [4.69, 9.17) is 0 Å². The molecule has 1 aromatic rings. The zero-order valence-electron chi connectivity index (χ0n) is 12.6. The van der Waals surface area contributed by atoms with Gasteiger partial charge < -0.3 is 15.5 Å². The van der Waals surface area contributed by atoms with E-state index in [1.54, 1.807) is 0 Å². The number of rotatable bonds is 3. The Morgan fingerprint density at radius 3 is 2.86 bits per heavy atom. The lowest BCUT2D eigenvalue weighted by atomic mass is 10.2. The lowest BCUT2D eigenvalue weighted by Gasteiger charge is -2.31. The summed E-state index contributed by atoms with van der Waals surface area (Å²) in [5.41, 5.74) is 2.10. The van der Waals surface area contributed by atoms with Crippen molar-refractivity contribution in [2.45, 2.75) is 18.9 Å². The van der Waals surface area contributed by atoms with Crippen molar-refractivity contribution in [3.63, 3.8) is 0 Å². The molecule has 2 aliphatic rings. The number of piperazine rings is 1.